The summed E-state index contributed by atoms with van der Waals surface area (Å²) < 4.78 is 0. The van der Waals surface area contributed by atoms with E-state index in [0.717, 1.165) is 5.56 Å². The lowest BCUT2D eigenvalue weighted by molar-refractivity contribution is 1.38. The van der Waals surface area contributed by atoms with Crippen LogP contribution in [0.2, 0.25) is 0 Å². The van der Waals surface area contributed by atoms with Gasteiger partial charge >= 0.3 is 0 Å². The Hall–Kier alpha value is -2.98. The fraction of sp³-hybridized carbons (Fsp3) is 0.0667. The molecule has 0 saturated heterocycles. The second-order valence-corrected chi connectivity index (χ2v) is 4.11. The first kappa shape index (κ1) is 12.5. The summed E-state index contributed by atoms with van der Waals surface area (Å²) >= 11 is 0. The van der Waals surface area contributed by atoms with E-state index in [9.17, 15) is 5.26 Å². The normalized spacial score (nSPS) is 9.42. The van der Waals surface area contributed by atoms with Crippen molar-refractivity contribution in [3.63, 3.8) is 0 Å². The zero-order valence-electron chi connectivity index (χ0n) is 10.4. The maximum absolute atomic E-state index is 9.17. The van der Waals surface area contributed by atoms with Gasteiger partial charge in [-0.15, -0.1) is 0 Å². The van der Waals surface area contributed by atoms with E-state index in [1.165, 1.54) is 0 Å². The van der Waals surface area contributed by atoms with Crippen molar-refractivity contribution in [2.75, 3.05) is 11.1 Å². The van der Waals surface area contributed by atoms with Crippen molar-refractivity contribution >= 4 is 17.1 Å². The van der Waals surface area contributed by atoms with Gasteiger partial charge in [0.05, 0.1) is 28.2 Å². The molecule has 0 bridgehead atoms. The molecule has 92 valence electrons. The molecule has 0 aromatic heterocycles. The highest BCUT2D eigenvalue weighted by molar-refractivity contribution is 5.79. The van der Waals surface area contributed by atoms with E-state index in [1.54, 1.807) is 18.2 Å². The Labute approximate surface area is 111 Å². The molecule has 0 spiro atoms. The molecule has 3 N–H and O–H groups in total. The van der Waals surface area contributed by atoms with Crippen LogP contribution in [0.15, 0.2) is 36.4 Å². The molecule has 0 atom stereocenters. The summed E-state index contributed by atoms with van der Waals surface area (Å²) in [6, 6.07) is 14.9. The first-order valence-electron chi connectivity index (χ1n) is 5.72. The molecule has 2 aromatic carbocycles. The molecule has 19 heavy (non-hydrogen) atoms. The second kappa shape index (κ2) is 5.12. The van der Waals surface area contributed by atoms with Gasteiger partial charge in [-0.2, -0.15) is 10.5 Å². The summed E-state index contributed by atoms with van der Waals surface area (Å²) in [6.07, 6.45) is 0. The number of nitrogens with two attached hydrogens (primary N) is 1. The average molecular weight is 248 g/mol. The van der Waals surface area contributed by atoms with Gasteiger partial charge in [-0.25, -0.2) is 0 Å². The number of rotatable bonds is 2. The van der Waals surface area contributed by atoms with Gasteiger partial charge in [0, 0.05) is 0 Å². The van der Waals surface area contributed by atoms with Crippen LogP contribution >= 0.6 is 0 Å². The molecule has 0 aliphatic carbocycles. The van der Waals surface area contributed by atoms with E-state index in [-0.39, 0.29) is 0 Å². The van der Waals surface area contributed by atoms with Crippen LogP contribution in [0.5, 0.6) is 0 Å². The first-order valence-corrected chi connectivity index (χ1v) is 5.72. The van der Waals surface area contributed by atoms with Crippen molar-refractivity contribution in [3.05, 3.63) is 53.1 Å². The quantitative estimate of drug-likeness (QED) is 0.800. The Balaban J connectivity index is 2.47. The highest BCUT2D eigenvalue weighted by atomic mass is 14.9. The molecule has 2 aromatic rings. The van der Waals surface area contributed by atoms with Gasteiger partial charge in [-0.3, -0.25) is 0 Å². The third kappa shape index (κ3) is 2.34. The molecule has 0 fully saturated rings. The molecule has 4 heteroatoms. The lowest BCUT2D eigenvalue weighted by Gasteiger charge is -2.12. The molecule has 0 unspecified atom stereocenters. The molecule has 0 aliphatic rings. The zero-order chi connectivity index (χ0) is 13.8. The summed E-state index contributed by atoms with van der Waals surface area (Å²) in [4.78, 5) is 0. The van der Waals surface area contributed by atoms with Crippen LogP contribution in [0.25, 0.3) is 0 Å². The number of nitriles is 2. The van der Waals surface area contributed by atoms with Crippen LogP contribution < -0.4 is 11.1 Å². The lowest BCUT2D eigenvalue weighted by atomic mass is 10.1. The maximum Gasteiger partial charge on any atom is 0.102 e. The number of hydrogen-bond donors (Lipinski definition) is 2. The summed E-state index contributed by atoms with van der Waals surface area (Å²) in [5.41, 5.74) is 9.48. The van der Waals surface area contributed by atoms with Crippen molar-refractivity contribution in [1.82, 2.24) is 0 Å². The van der Waals surface area contributed by atoms with Crippen LogP contribution in [-0.4, -0.2) is 0 Å². The third-order valence-electron chi connectivity index (χ3n) is 2.88. The number of para-hydroxylation sites is 1. The van der Waals surface area contributed by atoms with Crippen molar-refractivity contribution in [1.29, 1.82) is 10.5 Å². The fourth-order valence-electron chi connectivity index (χ4n) is 1.84. The van der Waals surface area contributed by atoms with Crippen LogP contribution in [0, 0.1) is 29.6 Å². The minimum atomic E-state index is 0.385. The van der Waals surface area contributed by atoms with Crippen LogP contribution in [0.1, 0.15) is 16.7 Å². The number of aryl methyl sites for hydroxylation is 1. The van der Waals surface area contributed by atoms with Crippen LogP contribution in [-0.2, 0) is 0 Å². The van der Waals surface area contributed by atoms with Gasteiger partial charge in [-0.05, 0) is 30.7 Å². The number of anilines is 3. The van der Waals surface area contributed by atoms with Crippen molar-refractivity contribution in [2.24, 2.45) is 0 Å². The molecular formula is C15H12N4. The summed E-state index contributed by atoms with van der Waals surface area (Å²) in [5.74, 6) is 0. The van der Waals surface area contributed by atoms with E-state index < -0.39 is 0 Å². The summed E-state index contributed by atoms with van der Waals surface area (Å²) in [5, 5.41) is 21.2. The SMILES string of the molecule is Cc1cccc(Nc2cccc(C#N)c2N)c1C#N. The average Bonchev–Trinajstić information content (AvgIpc) is 2.41. The number of nitrogen functional groups attached to an aromatic ring is 1. The topological polar surface area (TPSA) is 85.6 Å². The standard InChI is InChI=1S/C15H12N4/c1-10-4-2-6-13(12(10)9-17)19-14-7-3-5-11(8-16)15(14)18/h2-7,19H,18H2,1H3. The van der Waals surface area contributed by atoms with E-state index >= 15 is 0 Å². The van der Waals surface area contributed by atoms with Gasteiger partial charge in [-0.1, -0.05) is 18.2 Å². The van der Waals surface area contributed by atoms with E-state index in [2.05, 4.69) is 11.4 Å². The number of nitrogens with one attached hydrogen (secondary N) is 1. The van der Waals surface area contributed by atoms with Crippen molar-refractivity contribution in [3.8, 4) is 12.1 Å². The monoisotopic (exact) mass is 248 g/mol. The molecule has 4 nitrogen and oxygen atoms in total. The van der Waals surface area contributed by atoms with Crippen molar-refractivity contribution in [2.45, 2.75) is 6.92 Å². The second-order valence-electron chi connectivity index (χ2n) is 4.11. The Kier molecular flexibility index (Phi) is 3.36. The highest BCUT2D eigenvalue weighted by Crippen LogP contribution is 2.28. The van der Waals surface area contributed by atoms with E-state index in [1.807, 2.05) is 31.2 Å². The van der Waals surface area contributed by atoms with Gasteiger partial charge in [0.1, 0.15) is 12.1 Å². The zero-order valence-corrected chi connectivity index (χ0v) is 10.4. The molecular weight excluding hydrogens is 236 g/mol. The van der Waals surface area contributed by atoms with Crippen LogP contribution in [0.4, 0.5) is 17.1 Å². The number of hydrogen-bond acceptors (Lipinski definition) is 4. The third-order valence-corrected chi connectivity index (χ3v) is 2.88. The predicted molar refractivity (Wildman–Crippen MR) is 74.7 cm³/mol. The van der Waals surface area contributed by atoms with Gasteiger partial charge in [0.15, 0.2) is 0 Å². The smallest absolute Gasteiger partial charge is 0.102 e. The molecule has 0 heterocycles. The Morgan fingerprint density at radius 2 is 1.68 bits per heavy atom. The molecule has 2 rings (SSSR count). The Morgan fingerprint density at radius 1 is 1.00 bits per heavy atom. The fourth-order valence-corrected chi connectivity index (χ4v) is 1.84. The van der Waals surface area contributed by atoms with Gasteiger partial charge in [0.25, 0.3) is 0 Å². The lowest BCUT2D eigenvalue weighted by Crippen LogP contribution is -2.00. The molecule has 0 saturated carbocycles. The minimum absolute atomic E-state index is 0.385. The van der Waals surface area contributed by atoms with Gasteiger partial charge < -0.3 is 11.1 Å². The van der Waals surface area contributed by atoms with E-state index in [4.69, 9.17) is 11.0 Å². The predicted octanol–water partition coefficient (Wildman–Crippen LogP) is 3.06. The molecule has 0 radical (unpaired) electrons. The van der Waals surface area contributed by atoms with Crippen LogP contribution in [0.3, 0.4) is 0 Å². The largest absolute Gasteiger partial charge is 0.396 e. The first-order chi connectivity index (χ1) is 9.17. The molecule has 0 aliphatic heterocycles. The number of benzene rings is 2. The van der Waals surface area contributed by atoms with Crippen molar-refractivity contribution < 1.29 is 0 Å². The number of nitrogens with zero attached hydrogens (tertiary/aromatic N) is 2. The maximum atomic E-state index is 9.17. The molecule has 0 amide bonds. The Morgan fingerprint density at radius 3 is 2.37 bits per heavy atom. The summed E-state index contributed by atoms with van der Waals surface area (Å²) in [7, 11) is 0. The van der Waals surface area contributed by atoms with Gasteiger partial charge in [0.2, 0.25) is 0 Å². The highest BCUT2D eigenvalue weighted by Gasteiger charge is 2.08. The summed E-state index contributed by atoms with van der Waals surface area (Å²) in [6.45, 7) is 1.87. The minimum Gasteiger partial charge on any atom is -0.396 e. The van der Waals surface area contributed by atoms with E-state index in [0.29, 0.717) is 28.2 Å². The Bertz CT molecular complexity index is 705.